The van der Waals surface area contributed by atoms with Crippen LogP contribution in [0.4, 0.5) is 23.3 Å². The number of ether oxygens (including phenoxy) is 8. The highest BCUT2D eigenvalue weighted by Gasteiger charge is 2.48. The number of carbonyl (C=O) groups is 4. The minimum atomic E-state index is -4.32. The maximum absolute atomic E-state index is 13.2. The third-order valence-corrected chi connectivity index (χ3v) is 26.2. The normalized spacial score (nSPS) is 20.9. The number of sulfonamides is 2. The lowest BCUT2D eigenvalue weighted by Gasteiger charge is -2.29. The monoisotopic (exact) mass is 2000 g/mol. The number of hydrogen-bond donors (Lipinski definition) is 4. The molecule has 0 saturated carbocycles. The van der Waals surface area contributed by atoms with E-state index in [4.69, 9.17) is 83.7 Å². The molecule has 2 unspecified atom stereocenters. The zero-order valence-corrected chi connectivity index (χ0v) is 80.8. The van der Waals surface area contributed by atoms with Crippen LogP contribution in [0.5, 0.6) is 0 Å². The fourth-order valence-corrected chi connectivity index (χ4v) is 19.7. The number of fused-ring (bicyclic) bond motifs is 4. The van der Waals surface area contributed by atoms with Gasteiger partial charge in [-0.1, -0.05) is 72.8 Å². The Hall–Kier alpha value is -12.8. The quantitative estimate of drug-likeness (QED) is 0.00692. The molecule has 14 atom stereocenters. The topological polar surface area (TPSA) is 558 Å². The van der Waals surface area contributed by atoms with Crippen molar-refractivity contribution in [2.75, 3.05) is 86.5 Å². The molecule has 738 valence electrons. The summed E-state index contributed by atoms with van der Waals surface area (Å²) in [5, 5.41) is 11.3. The molecule has 4 aliphatic rings. The first-order valence-electron chi connectivity index (χ1n) is 44.2. The number of benzene rings is 4. The summed E-state index contributed by atoms with van der Waals surface area (Å²) < 4.78 is 149. The molecule has 4 N–H and O–H groups in total. The van der Waals surface area contributed by atoms with Crippen LogP contribution in [0.15, 0.2) is 181 Å². The van der Waals surface area contributed by atoms with Gasteiger partial charge >= 0.3 is 16.3 Å². The lowest BCUT2D eigenvalue weighted by molar-refractivity contribution is -0.0807. The molecule has 16 rings (SSSR count). The number of hydrogen-bond acceptors (Lipinski definition) is 34. The molecule has 0 aliphatic carbocycles. The van der Waals surface area contributed by atoms with Gasteiger partial charge in [0.2, 0.25) is 23.1 Å². The third kappa shape index (κ3) is 27.3. The Morgan fingerprint density at radius 3 is 1.09 bits per heavy atom. The largest absolute Gasteiger partial charge is 0.376 e. The van der Waals surface area contributed by atoms with E-state index in [9.17, 15) is 36.0 Å². The molecule has 52 heteroatoms. The predicted octanol–water partition coefficient (Wildman–Crippen LogP) is 13.0. The number of nitrogens with zero attached hydrogens (tertiary/aromatic N) is 22. The molecular formula is C88H102N26O22P2S2. The SMILES string of the molecule is CS(=O)(=O)N=[N+]=[N-].[C-]#[N+]CCOP(=NS(C)(=O)=O)(OC[C@H]1O[C@@H](n2cnc3c(NC(=O)c4ccccc4)ncnc32)C[C@H]1OC(C)C)O[C@@H]1C[C@H](n2cnc3c(NC(=O)c4ccccc4)ncnc32)O[C@@H]1COC(C)C.[C-]#[N+]CCOP(OC[C@H]1O[C@@H](n2cnc3c(NC(=O)c4ccccc4)ncnc32)C[C@H]1OC(C)C)O[C@@H]1C[C@H](n2cnc3c(NC(=O)c4ccccc4)ncnc32)O[C@@H]1COC(C)C. The molecule has 12 aromatic rings. The lowest BCUT2D eigenvalue weighted by Crippen LogP contribution is -2.33. The first-order valence-corrected chi connectivity index (χ1v) is 50.5. The summed E-state index contributed by atoms with van der Waals surface area (Å²) in [5.74, 6) is -0.505. The van der Waals surface area contributed by atoms with Crippen molar-refractivity contribution in [3.63, 3.8) is 0 Å². The van der Waals surface area contributed by atoms with Crippen LogP contribution in [0, 0.1) is 13.1 Å². The first-order chi connectivity index (χ1) is 67.4. The minimum absolute atomic E-state index is 0.0115. The van der Waals surface area contributed by atoms with Gasteiger partial charge in [-0.25, -0.2) is 89.8 Å². The fourth-order valence-electron chi connectivity index (χ4n) is 15.0. The van der Waals surface area contributed by atoms with E-state index in [1.807, 2.05) is 78.5 Å². The summed E-state index contributed by atoms with van der Waals surface area (Å²) in [7, 11) is -14.1. The maximum Gasteiger partial charge on any atom is 0.371 e. The first kappa shape index (κ1) is 103. The summed E-state index contributed by atoms with van der Waals surface area (Å²) in [5.41, 5.74) is 12.3. The second-order valence-corrected chi connectivity index (χ2v) is 39.4. The molecule has 4 fully saturated rings. The van der Waals surface area contributed by atoms with Crippen molar-refractivity contribution in [1.29, 1.82) is 0 Å². The van der Waals surface area contributed by atoms with Gasteiger partial charge in [0.25, 0.3) is 33.7 Å². The molecule has 4 amide bonds. The second kappa shape index (κ2) is 47.9. The number of nitrogens with one attached hydrogen (secondary N) is 4. The summed E-state index contributed by atoms with van der Waals surface area (Å²) in [6.45, 7) is 29.7. The summed E-state index contributed by atoms with van der Waals surface area (Å²) >= 11 is 0. The number of azide groups is 1. The Kier molecular flexibility index (Phi) is 35.3. The van der Waals surface area contributed by atoms with Crippen molar-refractivity contribution in [1.82, 2.24) is 78.1 Å². The zero-order chi connectivity index (χ0) is 99.2. The maximum atomic E-state index is 13.2. The van der Waals surface area contributed by atoms with Gasteiger partial charge in [-0.2, -0.15) is 0 Å². The van der Waals surface area contributed by atoms with Crippen LogP contribution in [-0.4, -0.2) is 257 Å². The number of rotatable bonds is 40. The van der Waals surface area contributed by atoms with E-state index in [0.717, 1.165) is 12.5 Å². The molecular weight excluding hydrogens is 1900 g/mol. The molecule has 4 aliphatic heterocycles. The van der Waals surface area contributed by atoms with Crippen LogP contribution < -0.4 is 21.3 Å². The van der Waals surface area contributed by atoms with Crippen LogP contribution in [0.1, 0.15) is 147 Å². The Morgan fingerprint density at radius 2 is 0.764 bits per heavy atom. The summed E-state index contributed by atoms with van der Waals surface area (Å²) in [6, 6.07) is 35.0. The van der Waals surface area contributed by atoms with Crippen LogP contribution >= 0.6 is 16.3 Å². The highest BCUT2D eigenvalue weighted by molar-refractivity contribution is 7.92. The van der Waals surface area contributed by atoms with Crippen molar-refractivity contribution in [2.24, 2.45) is 8.67 Å². The van der Waals surface area contributed by atoms with E-state index >= 15 is 0 Å². The minimum Gasteiger partial charge on any atom is -0.376 e. The standard InChI is InChI=1S/C44H51N12O11PS.C43H48N11O9P.CH3N3O2S/c1-27(2)61-21-33-32(20-36(65-33)56-26-51-38-40(47-24-49-42(38)56)53-44(58)30-15-11-8-12-16-30)67-68(54-69(6,59)60,62-18-17-45-5)63-22-34-31(64-28(3)4)19-35(66-34)55-25-50-37-39(46-23-48-41(37)55)52-43(57)29-13-9-7-10-14-29;1-26(2)57-20-32-31(19-35(61-32)54-25-50-37-39(46-23-48-41(37)54)52-43(56)29-14-10-7-11-15-29)63-64(58-17-16-44-5)59-21-33-30(60-27(3)4)18-34(62-33)53-24-49-36-38(45-22-47-40(36)53)51-42(55)28-12-8-6-9-13-28;1-7(5,6)4-3-2/h7-16,23-28,31-36H,17-22H2,1-4,6H3,(H,46,48,52,57)(H,47,49,53,58);6-15,22-27,30-35H,16-21H2,1-4H3,(H,45,47,51,55)(H,46,48,52,56);1H3/t31-,32-,33-,34-,35-,36-,68?;30-,31-,32-,33-,34-,35-,64?;/m11./s1. The molecule has 0 radical (unpaired) electrons. The van der Waals surface area contributed by atoms with Gasteiger partial charge in [0.05, 0.1) is 101 Å². The number of anilines is 4. The van der Waals surface area contributed by atoms with E-state index in [0.29, 0.717) is 79.8 Å². The third-order valence-electron chi connectivity index (χ3n) is 21.1. The van der Waals surface area contributed by atoms with Gasteiger partial charge in [-0.3, -0.25) is 51.0 Å². The van der Waals surface area contributed by atoms with Gasteiger partial charge in [0.1, 0.15) is 94.0 Å². The summed E-state index contributed by atoms with van der Waals surface area (Å²) in [6.07, 6.45) is 5.71. The Labute approximate surface area is 804 Å². The van der Waals surface area contributed by atoms with Gasteiger partial charge in [0, 0.05) is 63.6 Å². The molecule has 4 saturated heterocycles. The molecule has 8 aromatic heterocycles. The average molecular weight is 2000 g/mol. The van der Waals surface area contributed by atoms with Crippen molar-refractivity contribution < 1.29 is 101 Å². The highest BCUT2D eigenvalue weighted by Crippen LogP contribution is 2.58. The molecule has 0 spiro atoms. The molecule has 140 heavy (non-hydrogen) atoms. The molecule has 48 nitrogen and oxygen atoms in total. The van der Waals surface area contributed by atoms with Gasteiger partial charge in [0.15, 0.2) is 67.9 Å². The van der Waals surface area contributed by atoms with Crippen LogP contribution in [0.25, 0.3) is 64.8 Å². The number of aromatic nitrogens is 16. The summed E-state index contributed by atoms with van der Waals surface area (Å²) in [4.78, 5) is 114. The van der Waals surface area contributed by atoms with E-state index in [1.165, 1.54) is 38.0 Å². The smallest absolute Gasteiger partial charge is 0.371 e. The van der Waals surface area contributed by atoms with Crippen LogP contribution in [-0.2, 0) is 85.1 Å². The van der Waals surface area contributed by atoms with E-state index in [-0.39, 0.29) is 137 Å². The Balaban J connectivity index is 0.000000209. The lowest BCUT2D eigenvalue weighted by atomic mass is 10.2. The van der Waals surface area contributed by atoms with Crippen molar-refractivity contribution >= 4 is 128 Å². The fraction of sp³-hybridized carbons (Fsp3) is 0.432. The van der Waals surface area contributed by atoms with Gasteiger partial charge in [-0.15, -0.1) is 4.15 Å². The van der Waals surface area contributed by atoms with Gasteiger partial charge in [-0.05, 0) is 109 Å². The van der Waals surface area contributed by atoms with E-state index < -0.39 is 110 Å². The predicted molar refractivity (Wildman–Crippen MR) is 507 cm³/mol. The van der Waals surface area contributed by atoms with Crippen molar-refractivity contribution in [2.45, 2.75) is 179 Å². The van der Waals surface area contributed by atoms with E-state index in [1.54, 1.807) is 134 Å². The Bertz CT molecular complexity index is 6720. The molecule has 4 aromatic carbocycles. The number of amides is 4. The molecule has 12 heterocycles. The highest BCUT2D eigenvalue weighted by atomic mass is 32.2. The van der Waals surface area contributed by atoms with Crippen LogP contribution in [0.2, 0.25) is 0 Å². The zero-order valence-electron chi connectivity index (χ0n) is 77.4. The Morgan fingerprint density at radius 1 is 0.436 bits per heavy atom. The average Bonchev–Trinajstić information content (AvgIpc) is 1.65. The van der Waals surface area contributed by atoms with E-state index in [2.05, 4.69) is 99.4 Å². The van der Waals surface area contributed by atoms with Gasteiger partial charge < -0.3 is 82.4 Å². The number of imidazole rings is 4. The molecule has 0 bridgehead atoms. The van der Waals surface area contributed by atoms with Crippen LogP contribution in [0.3, 0.4) is 0 Å². The number of carbonyl (C=O) groups excluding carboxylic acids is 4. The van der Waals surface area contributed by atoms with Crippen molar-refractivity contribution in [3.05, 3.63) is 227 Å². The second-order valence-electron chi connectivity index (χ2n) is 32.9. The van der Waals surface area contributed by atoms with Crippen molar-refractivity contribution in [3.8, 4) is 0 Å².